The maximum absolute atomic E-state index is 13.2. The second-order valence-electron chi connectivity index (χ2n) is 7.20. The van der Waals surface area contributed by atoms with Crippen molar-refractivity contribution >= 4 is 17.2 Å². The summed E-state index contributed by atoms with van der Waals surface area (Å²) in [6, 6.07) is 4.04. The van der Waals surface area contributed by atoms with Crippen LogP contribution in [0.15, 0.2) is 27.7 Å². The number of carbonyl (C=O) groups is 1. The number of hydrogen-bond donors (Lipinski definition) is 1. The minimum atomic E-state index is -0.441. The molecule has 1 saturated carbocycles. The molecule has 1 aliphatic rings. The Kier molecular flexibility index (Phi) is 5.68. The van der Waals surface area contributed by atoms with E-state index in [1.165, 1.54) is 0 Å². The van der Waals surface area contributed by atoms with Gasteiger partial charge in [0.2, 0.25) is 0 Å². The fourth-order valence-corrected chi connectivity index (χ4v) is 4.14. The van der Waals surface area contributed by atoms with Gasteiger partial charge in [-0.05, 0) is 53.6 Å². The van der Waals surface area contributed by atoms with Gasteiger partial charge in [0.1, 0.15) is 5.69 Å². The highest BCUT2D eigenvalue weighted by molar-refractivity contribution is 7.07. The Morgan fingerprint density at radius 1 is 1.40 bits per heavy atom. The van der Waals surface area contributed by atoms with Crippen LogP contribution in [0.4, 0.5) is 0 Å². The van der Waals surface area contributed by atoms with Crippen molar-refractivity contribution in [3.63, 3.8) is 0 Å². The maximum Gasteiger partial charge on any atom is 0.345 e. The molecule has 0 spiro atoms. The summed E-state index contributed by atoms with van der Waals surface area (Å²) < 4.78 is 0. The third-order valence-corrected chi connectivity index (χ3v) is 5.34. The number of amides is 1. The predicted molar refractivity (Wildman–Crippen MR) is 99.8 cm³/mol. The minimum Gasteiger partial charge on any atom is -0.330 e. The number of thiophene rings is 1. The molecule has 1 fully saturated rings. The van der Waals surface area contributed by atoms with E-state index in [0.717, 1.165) is 43.4 Å². The second-order valence-corrected chi connectivity index (χ2v) is 7.98. The summed E-state index contributed by atoms with van der Waals surface area (Å²) in [4.78, 5) is 33.7. The van der Waals surface area contributed by atoms with E-state index in [4.69, 9.17) is 0 Å². The van der Waals surface area contributed by atoms with Crippen molar-refractivity contribution in [1.82, 2.24) is 14.9 Å². The average molecular weight is 359 g/mol. The van der Waals surface area contributed by atoms with Crippen LogP contribution in [0.2, 0.25) is 0 Å². The summed E-state index contributed by atoms with van der Waals surface area (Å²) in [5, 5.41) is 4.10. The van der Waals surface area contributed by atoms with Gasteiger partial charge in [-0.15, -0.1) is 0 Å². The van der Waals surface area contributed by atoms with Gasteiger partial charge >= 0.3 is 5.69 Å². The van der Waals surface area contributed by atoms with E-state index in [1.54, 1.807) is 17.4 Å². The molecule has 3 rings (SSSR count). The van der Waals surface area contributed by atoms with Gasteiger partial charge in [-0.2, -0.15) is 16.3 Å². The highest BCUT2D eigenvalue weighted by Gasteiger charge is 2.28. The molecule has 0 aliphatic heterocycles. The zero-order valence-corrected chi connectivity index (χ0v) is 15.6. The van der Waals surface area contributed by atoms with Crippen LogP contribution in [0.25, 0.3) is 0 Å². The van der Waals surface area contributed by atoms with Gasteiger partial charge in [0, 0.05) is 18.3 Å². The Balaban J connectivity index is 1.88. The lowest BCUT2D eigenvalue weighted by atomic mass is 10.1. The number of hydrogen-bond acceptors (Lipinski definition) is 4. The quantitative estimate of drug-likeness (QED) is 0.857. The molecule has 5 nitrogen and oxygen atoms in total. The lowest BCUT2D eigenvalue weighted by Gasteiger charge is -2.28. The number of nitrogens with zero attached hydrogens (tertiary/aromatic N) is 2. The van der Waals surface area contributed by atoms with Crippen LogP contribution in [0.5, 0.6) is 0 Å². The van der Waals surface area contributed by atoms with Crippen molar-refractivity contribution in [3.05, 3.63) is 50.3 Å². The zero-order valence-electron chi connectivity index (χ0n) is 14.8. The van der Waals surface area contributed by atoms with E-state index < -0.39 is 5.69 Å². The lowest BCUT2D eigenvalue weighted by Crippen LogP contribution is -2.39. The van der Waals surface area contributed by atoms with E-state index in [-0.39, 0.29) is 17.6 Å². The lowest BCUT2D eigenvalue weighted by molar-refractivity contribution is 0.0658. The molecule has 0 bridgehead atoms. The third kappa shape index (κ3) is 4.57. The van der Waals surface area contributed by atoms with E-state index in [1.807, 2.05) is 10.3 Å². The molecule has 6 heteroatoms. The summed E-state index contributed by atoms with van der Waals surface area (Å²) in [5.74, 6) is 0.270. The van der Waals surface area contributed by atoms with Crippen LogP contribution in [-0.2, 0) is 13.0 Å². The molecule has 2 heterocycles. The van der Waals surface area contributed by atoms with Gasteiger partial charge in [0.25, 0.3) is 5.91 Å². The van der Waals surface area contributed by atoms with Crippen molar-refractivity contribution in [2.24, 2.45) is 5.92 Å². The Bertz CT molecular complexity index is 761. The first-order valence-electron chi connectivity index (χ1n) is 8.95. The predicted octanol–water partition coefficient (Wildman–Crippen LogP) is 3.61. The van der Waals surface area contributed by atoms with Crippen LogP contribution < -0.4 is 5.69 Å². The van der Waals surface area contributed by atoms with Gasteiger partial charge in [-0.3, -0.25) is 4.79 Å². The first-order valence-corrected chi connectivity index (χ1v) is 9.89. The molecule has 2 aromatic rings. The zero-order chi connectivity index (χ0) is 17.8. The van der Waals surface area contributed by atoms with Gasteiger partial charge in [-0.25, -0.2) is 4.79 Å². The number of aromatic nitrogens is 2. The monoisotopic (exact) mass is 359 g/mol. The van der Waals surface area contributed by atoms with Crippen molar-refractivity contribution in [2.45, 2.75) is 58.5 Å². The van der Waals surface area contributed by atoms with Crippen LogP contribution in [0, 0.1) is 5.92 Å². The van der Waals surface area contributed by atoms with Gasteiger partial charge in [0.15, 0.2) is 0 Å². The standard InChI is InChI=1S/C19H25N3O2S/c1-13(2)9-15-10-17(21-19(24)20-15)18(23)22(16-5-3-4-6-16)11-14-7-8-25-12-14/h7-8,10,12-13,16H,3-6,9,11H2,1-2H3,(H,20,21,24). The number of rotatable bonds is 6. The molecular formula is C19H25N3O2S. The van der Waals surface area contributed by atoms with Crippen molar-refractivity contribution < 1.29 is 4.79 Å². The summed E-state index contributed by atoms with van der Waals surface area (Å²) >= 11 is 1.63. The SMILES string of the molecule is CC(C)Cc1cc(C(=O)N(Cc2ccsc2)C2CCCC2)nc(=O)[nH]1. The van der Waals surface area contributed by atoms with Gasteiger partial charge < -0.3 is 9.88 Å². The fraction of sp³-hybridized carbons (Fsp3) is 0.526. The van der Waals surface area contributed by atoms with Gasteiger partial charge in [0.05, 0.1) is 0 Å². The number of carbonyl (C=O) groups excluding carboxylic acids is 1. The van der Waals surface area contributed by atoms with E-state index >= 15 is 0 Å². The second kappa shape index (κ2) is 7.95. The first kappa shape index (κ1) is 17.9. The van der Waals surface area contributed by atoms with Crippen molar-refractivity contribution in [3.8, 4) is 0 Å². The molecule has 25 heavy (non-hydrogen) atoms. The van der Waals surface area contributed by atoms with Crippen LogP contribution in [0.1, 0.15) is 61.3 Å². The molecule has 0 radical (unpaired) electrons. The van der Waals surface area contributed by atoms with E-state index in [0.29, 0.717) is 12.5 Å². The summed E-state index contributed by atoms with van der Waals surface area (Å²) in [7, 11) is 0. The minimum absolute atomic E-state index is 0.130. The van der Waals surface area contributed by atoms with E-state index in [2.05, 4.69) is 35.3 Å². The van der Waals surface area contributed by atoms with Crippen molar-refractivity contribution in [1.29, 1.82) is 0 Å². The Hall–Kier alpha value is -1.95. The molecular weight excluding hydrogens is 334 g/mol. The molecule has 1 aliphatic carbocycles. The third-order valence-electron chi connectivity index (χ3n) is 4.61. The summed E-state index contributed by atoms with van der Waals surface area (Å²) in [6.45, 7) is 4.75. The Morgan fingerprint density at radius 3 is 2.80 bits per heavy atom. The van der Waals surface area contributed by atoms with Crippen molar-refractivity contribution in [2.75, 3.05) is 0 Å². The highest BCUT2D eigenvalue weighted by Crippen LogP contribution is 2.26. The average Bonchev–Trinajstić information content (AvgIpc) is 3.24. The number of nitrogens with one attached hydrogen (secondary N) is 1. The molecule has 0 aromatic carbocycles. The molecule has 134 valence electrons. The van der Waals surface area contributed by atoms with Crippen LogP contribution in [-0.4, -0.2) is 26.8 Å². The molecule has 0 saturated heterocycles. The number of aromatic amines is 1. The molecule has 2 aromatic heterocycles. The summed E-state index contributed by atoms with van der Waals surface area (Å²) in [6.07, 6.45) is 5.08. The summed E-state index contributed by atoms with van der Waals surface area (Å²) in [5.41, 5.74) is 1.74. The first-order chi connectivity index (χ1) is 12.0. The fourth-order valence-electron chi connectivity index (χ4n) is 3.48. The van der Waals surface area contributed by atoms with Gasteiger partial charge in [-0.1, -0.05) is 26.7 Å². The Labute approximate surface area is 152 Å². The number of H-pyrrole nitrogens is 1. The molecule has 1 N–H and O–H groups in total. The topological polar surface area (TPSA) is 66.1 Å². The molecule has 0 unspecified atom stereocenters. The maximum atomic E-state index is 13.2. The largest absolute Gasteiger partial charge is 0.345 e. The highest BCUT2D eigenvalue weighted by atomic mass is 32.1. The Morgan fingerprint density at radius 2 is 2.16 bits per heavy atom. The van der Waals surface area contributed by atoms with Crippen LogP contribution >= 0.6 is 11.3 Å². The smallest absolute Gasteiger partial charge is 0.330 e. The van der Waals surface area contributed by atoms with Crippen LogP contribution in [0.3, 0.4) is 0 Å². The normalized spacial score (nSPS) is 15.0. The van der Waals surface area contributed by atoms with E-state index in [9.17, 15) is 9.59 Å². The molecule has 1 amide bonds. The molecule has 0 atom stereocenters.